The lowest BCUT2D eigenvalue weighted by Crippen LogP contribution is -2.40. The first kappa shape index (κ1) is 18.0. The number of ether oxygens (including phenoxy) is 1. The van der Waals surface area contributed by atoms with Gasteiger partial charge in [-0.15, -0.1) is 0 Å². The average molecular weight is 368 g/mol. The molecule has 0 N–H and O–H groups in total. The van der Waals surface area contributed by atoms with Gasteiger partial charge in [-0.3, -0.25) is 4.79 Å². The number of halogens is 4. The summed E-state index contributed by atoms with van der Waals surface area (Å²) in [6.07, 6.45) is -4.07. The van der Waals surface area contributed by atoms with Crippen LogP contribution in [0.4, 0.5) is 13.2 Å². The van der Waals surface area contributed by atoms with Crippen LogP contribution >= 0.6 is 15.9 Å². The van der Waals surface area contributed by atoms with Crippen LogP contribution in [0, 0.1) is 0 Å². The molecule has 0 saturated carbocycles. The number of carbonyl (C=O) groups is 1. The van der Waals surface area contributed by atoms with E-state index >= 15 is 0 Å². The van der Waals surface area contributed by atoms with Gasteiger partial charge < -0.3 is 9.64 Å². The SMILES string of the molecule is CCOCCCN(CC(F)(F)F)C(=O)c1ccccc1Br. The molecule has 0 spiro atoms. The Kier molecular flexibility index (Phi) is 7.17. The van der Waals surface area contributed by atoms with Gasteiger partial charge in [0.1, 0.15) is 6.54 Å². The van der Waals surface area contributed by atoms with Crippen molar-refractivity contribution in [2.75, 3.05) is 26.3 Å². The van der Waals surface area contributed by atoms with Crippen molar-refractivity contribution >= 4 is 21.8 Å². The molecule has 0 aliphatic carbocycles. The molecule has 7 heteroatoms. The predicted octanol–water partition coefficient (Wildman–Crippen LogP) is 3.88. The molecular weight excluding hydrogens is 351 g/mol. The Morgan fingerprint density at radius 2 is 2.00 bits per heavy atom. The normalized spacial score (nSPS) is 11.5. The van der Waals surface area contributed by atoms with Gasteiger partial charge >= 0.3 is 6.18 Å². The third kappa shape index (κ3) is 6.48. The number of alkyl halides is 3. The Labute approximate surface area is 130 Å². The lowest BCUT2D eigenvalue weighted by Gasteiger charge is -2.24. The number of benzene rings is 1. The van der Waals surface area contributed by atoms with Gasteiger partial charge in [-0.05, 0) is 41.4 Å². The summed E-state index contributed by atoms with van der Waals surface area (Å²) in [4.78, 5) is 13.1. The molecule has 0 aromatic heterocycles. The highest BCUT2D eigenvalue weighted by atomic mass is 79.9. The van der Waals surface area contributed by atoms with Gasteiger partial charge in [-0.1, -0.05) is 12.1 Å². The van der Waals surface area contributed by atoms with Crippen molar-refractivity contribution in [1.29, 1.82) is 0 Å². The summed E-state index contributed by atoms with van der Waals surface area (Å²) in [5, 5.41) is 0. The standard InChI is InChI=1S/C14H17BrF3NO2/c1-2-21-9-5-8-19(10-14(16,17)18)13(20)11-6-3-4-7-12(11)15/h3-4,6-7H,2,5,8-10H2,1H3. The average Bonchev–Trinajstić information content (AvgIpc) is 2.41. The van der Waals surface area contributed by atoms with E-state index in [1.807, 2.05) is 0 Å². The van der Waals surface area contributed by atoms with E-state index in [4.69, 9.17) is 4.74 Å². The molecule has 1 amide bonds. The molecule has 1 aromatic carbocycles. The van der Waals surface area contributed by atoms with Gasteiger partial charge in [0, 0.05) is 24.2 Å². The number of rotatable bonds is 7. The molecule has 3 nitrogen and oxygen atoms in total. The molecule has 0 bridgehead atoms. The minimum absolute atomic E-state index is 0.000320. The largest absolute Gasteiger partial charge is 0.406 e. The zero-order valence-corrected chi connectivity index (χ0v) is 13.2. The number of hydrogen-bond acceptors (Lipinski definition) is 2. The maximum Gasteiger partial charge on any atom is 0.406 e. The van der Waals surface area contributed by atoms with Crippen LogP contribution in [0.1, 0.15) is 23.7 Å². The minimum atomic E-state index is -4.43. The van der Waals surface area contributed by atoms with Gasteiger partial charge in [-0.2, -0.15) is 13.2 Å². The zero-order valence-electron chi connectivity index (χ0n) is 11.6. The van der Waals surface area contributed by atoms with Gasteiger partial charge in [0.15, 0.2) is 0 Å². The number of carbonyl (C=O) groups excluding carboxylic acids is 1. The van der Waals surface area contributed by atoms with Gasteiger partial charge in [0.05, 0.1) is 5.56 Å². The number of amides is 1. The smallest absolute Gasteiger partial charge is 0.382 e. The minimum Gasteiger partial charge on any atom is -0.382 e. The van der Waals surface area contributed by atoms with E-state index in [2.05, 4.69) is 15.9 Å². The van der Waals surface area contributed by atoms with E-state index in [9.17, 15) is 18.0 Å². The van der Waals surface area contributed by atoms with Crippen LogP contribution in [0.3, 0.4) is 0 Å². The molecular formula is C14H17BrF3NO2. The predicted molar refractivity (Wildman–Crippen MR) is 77.2 cm³/mol. The maximum atomic E-state index is 12.6. The van der Waals surface area contributed by atoms with E-state index in [0.29, 0.717) is 24.1 Å². The van der Waals surface area contributed by atoms with E-state index in [1.165, 1.54) is 6.07 Å². The Balaban J connectivity index is 2.79. The summed E-state index contributed by atoms with van der Waals surface area (Å²) >= 11 is 3.18. The van der Waals surface area contributed by atoms with Crippen molar-refractivity contribution in [3.63, 3.8) is 0 Å². The molecule has 0 aliphatic heterocycles. The molecule has 0 radical (unpaired) electrons. The fourth-order valence-electron chi connectivity index (χ4n) is 1.78. The van der Waals surface area contributed by atoms with Crippen molar-refractivity contribution in [1.82, 2.24) is 4.90 Å². The summed E-state index contributed by atoms with van der Waals surface area (Å²) in [6, 6.07) is 6.44. The molecule has 0 atom stereocenters. The van der Waals surface area contributed by atoms with Gasteiger partial charge in [-0.25, -0.2) is 0 Å². The van der Waals surface area contributed by atoms with Crippen molar-refractivity contribution in [2.45, 2.75) is 19.5 Å². The first-order valence-electron chi connectivity index (χ1n) is 6.53. The molecule has 1 rings (SSSR count). The van der Waals surface area contributed by atoms with Crippen molar-refractivity contribution < 1.29 is 22.7 Å². The third-order valence-corrected chi connectivity index (χ3v) is 3.37. The van der Waals surface area contributed by atoms with Crippen molar-refractivity contribution in [2.24, 2.45) is 0 Å². The Bertz CT molecular complexity index is 466. The van der Waals surface area contributed by atoms with E-state index in [1.54, 1.807) is 25.1 Å². The van der Waals surface area contributed by atoms with Crippen LogP contribution < -0.4 is 0 Å². The van der Waals surface area contributed by atoms with Gasteiger partial charge in [0.2, 0.25) is 0 Å². The Morgan fingerprint density at radius 1 is 1.33 bits per heavy atom. The molecule has 0 aliphatic rings. The van der Waals surface area contributed by atoms with E-state index < -0.39 is 18.6 Å². The van der Waals surface area contributed by atoms with E-state index in [0.717, 1.165) is 4.90 Å². The first-order chi connectivity index (χ1) is 9.85. The highest BCUT2D eigenvalue weighted by Crippen LogP contribution is 2.22. The van der Waals surface area contributed by atoms with Crippen LogP contribution in [0.2, 0.25) is 0 Å². The summed E-state index contributed by atoms with van der Waals surface area (Å²) in [5.41, 5.74) is 0.221. The summed E-state index contributed by atoms with van der Waals surface area (Å²) < 4.78 is 43.4. The summed E-state index contributed by atoms with van der Waals surface area (Å²) in [6.45, 7) is 1.37. The maximum absolute atomic E-state index is 12.6. The second-order valence-electron chi connectivity index (χ2n) is 4.37. The molecule has 21 heavy (non-hydrogen) atoms. The number of hydrogen-bond donors (Lipinski definition) is 0. The molecule has 118 valence electrons. The summed E-state index contributed by atoms with van der Waals surface area (Å²) in [7, 11) is 0. The molecule has 0 fully saturated rings. The lowest BCUT2D eigenvalue weighted by atomic mass is 10.2. The third-order valence-electron chi connectivity index (χ3n) is 2.68. The quantitative estimate of drug-likeness (QED) is 0.684. The highest BCUT2D eigenvalue weighted by Gasteiger charge is 2.33. The van der Waals surface area contributed by atoms with Gasteiger partial charge in [0.25, 0.3) is 5.91 Å². The fraction of sp³-hybridized carbons (Fsp3) is 0.500. The lowest BCUT2D eigenvalue weighted by molar-refractivity contribution is -0.141. The van der Waals surface area contributed by atoms with Crippen molar-refractivity contribution in [3.05, 3.63) is 34.3 Å². The Hall–Kier alpha value is -1.08. The molecule has 0 heterocycles. The summed E-state index contributed by atoms with van der Waals surface area (Å²) in [5.74, 6) is -0.642. The first-order valence-corrected chi connectivity index (χ1v) is 7.32. The topological polar surface area (TPSA) is 29.5 Å². The molecule has 0 saturated heterocycles. The Morgan fingerprint density at radius 3 is 2.57 bits per heavy atom. The second-order valence-corrected chi connectivity index (χ2v) is 5.23. The van der Waals surface area contributed by atoms with Crippen LogP contribution in [0.15, 0.2) is 28.7 Å². The zero-order chi connectivity index (χ0) is 15.9. The second kappa shape index (κ2) is 8.38. The van der Waals surface area contributed by atoms with Crippen molar-refractivity contribution in [3.8, 4) is 0 Å². The molecule has 1 aromatic rings. The highest BCUT2D eigenvalue weighted by molar-refractivity contribution is 9.10. The van der Waals surface area contributed by atoms with Crippen LogP contribution in [-0.2, 0) is 4.74 Å². The molecule has 0 unspecified atom stereocenters. The van der Waals surface area contributed by atoms with Crippen LogP contribution in [0.5, 0.6) is 0 Å². The fourth-order valence-corrected chi connectivity index (χ4v) is 2.23. The van der Waals surface area contributed by atoms with E-state index in [-0.39, 0.29) is 12.1 Å². The van der Waals surface area contributed by atoms with Crippen LogP contribution in [0.25, 0.3) is 0 Å². The number of nitrogens with zero attached hydrogens (tertiary/aromatic N) is 1. The monoisotopic (exact) mass is 367 g/mol. The van der Waals surface area contributed by atoms with Crippen LogP contribution in [-0.4, -0.2) is 43.3 Å².